The molecule has 0 N–H and O–H groups in total. The molecule has 1 fully saturated rings. The zero-order chi connectivity index (χ0) is 15.8. The van der Waals surface area contributed by atoms with E-state index in [9.17, 15) is 4.79 Å². The van der Waals surface area contributed by atoms with Crippen molar-refractivity contribution in [1.82, 2.24) is 4.57 Å². The largest absolute Gasteiger partial charge is 0.316 e. The lowest BCUT2D eigenvalue weighted by Crippen LogP contribution is -2.16. The summed E-state index contributed by atoms with van der Waals surface area (Å²) in [6, 6.07) is 16.1. The summed E-state index contributed by atoms with van der Waals surface area (Å²) in [7, 11) is 0. The van der Waals surface area contributed by atoms with Gasteiger partial charge in [-0.15, -0.1) is 0 Å². The van der Waals surface area contributed by atoms with Crippen molar-refractivity contribution in [1.29, 1.82) is 0 Å². The van der Waals surface area contributed by atoms with Gasteiger partial charge in [0.1, 0.15) is 5.78 Å². The number of Topliss-reactive ketones (excluding diaryl/α,β-unsaturated/α-hetero) is 1. The van der Waals surface area contributed by atoms with Crippen molar-refractivity contribution in [3.63, 3.8) is 0 Å². The standard InChI is InChI=1S/C20H18ClNO/c21-14-6-5-7-15(12-14)22-13-18(16-8-1-3-10-19(16)22)17-9-2-4-11-20(17)23/h1,3,5-8,10,12-13,17H,2,4,9,11H2. The number of hydrogen-bond donors (Lipinski definition) is 0. The lowest BCUT2D eigenvalue weighted by atomic mass is 9.83. The molecule has 2 aromatic carbocycles. The number of carbonyl (C=O) groups excluding carboxylic acids is 1. The zero-order valence-electron chi connectivity index (χ0n) is 12.8. The first-order chi connectivity index (χ1) is 11.2. The maximum absolute atomic E-state index is 12.4. The highest BCUT2D eigenvalue weighted by molar-refractivity contribution is 6.30. The Labute approximate surface area is 140 Å². The Morgan fingerprint density at radius 2 is 1.91 bits per heavy atom. The average molecular weight is 324 g/mol. The Kier molecular flexibility index (Phi) is 3.70. The van der Waals surface area contributed by atoms with E-state index in [0.717, 1.165) is 41.1 Å². The average Bonchev–Trinajstić information content (AvgIpc) is 2.95. The Morgan fingerprint density at radius 3 is 2.74 bits per heavy atom. The van der Waals surface area contributed by atoms with Crippen LogP contribution in [0.1, 0.15) is 37.2 Å². The van der Waals surface area contributed by atoms with E-state index < -0.39 is 0 Å². The fourth-order valence-electron chi connectivity index (χ4n) is 3.64. The number of benzene rings is 2. The Morgan fingerprint density at radius 1 is 1.04 bits per heavy atom. The van der Waals surface area contributed by atoms with Crippen LogP contribution in [0.4, 0.5) is 0 Å². The van der Waals surface area contributed by atoms with Gasteiger partial charge < -0.3 is 4.57 Å². The van der Waals surface area contributed by atoms with E-state index in [2.05, 4.69) is 22.9 Å². The molecule has 1 aliphatic carbocycles. The zero-order valence-corrected chi connectivity index (χ0v) is 13.6. The van der Waals surface area contributed by atoms with Crippen molar-refractivity contribution in [3.8, 4) is 5.69 Å². The van der Waals surface area contributed by atoms with Crippen LogP contribution in [0.5, 0.6) is 0 Å². The quantitative estimate of drug-likeness (QED) is 0.609. The molecule has 0 saturated heterocycles. The number of aromatic nitrogens is 1. The van der Waals surface area contributed by atoms with Crippen molar-refractivity contribution in [2.45, 2.75) is 31.6 Å². The molecule has 23 heavy (non-hydrogen) atoms. The van der Waals surface area contributed by atoms with Gasteiger partial charge in [0.25, 0.3) is 0 Å². The van der Waals surface area contributed by atoms with Crippen LogP contribution in [-0.2, 0) is 4.79 Å². The minimum Gasteiger partial charge on any atom is -0.316 e. The molecule has 0 radical (unpaired) electrons. The van der Waals surface area contributed by atoms with Crippen LogP contribution in [0.2, 0.25) is 5.02 Å². The third kappa shape index (κ3) is 2.57. The van der Waals surface area contributed by atoms with Crippen LogP contribution >= 0.6 is 11.6 Å². The summed E-state index contributed by atoms with van der Waals surface area (Å²) in [5.41, 5.74) is 3.32. The van der Waals surface area contributed by atoms with Gasteiger partial charge in [0.2, 0.25) is 0 Å². The third-order valence-electron chi connectivity index (χ3n) is 4.76. The number of rotatable bonds is 2. The highest BCUT2D eigenvalue weighted by Crippen LogP contribution is 2.36. The van der Waals surface area contributed by atoms with Crippen molar-refractivity contribution in [2.24, 2.45) is 0 Å². The summed E-state index contributed by atoms with van der Waals surface area (Å²) >= 11 is 6.16. The highest BCUT2D eigenvalue weighted by Gasteiger charge is 2.27. The molecule has 0 aliphatic heterocycles. The predicted octanol–water partition coefficient (Wildman–Crippen LogP) is 5.51. The molecule has 4 rings (SSSR count). The Balaban J connectivity index is 1.91. The summed E-state index contributed by atoms with van der Waals surface area (Å²) in [5.74, 6) is 0.416. The lowest BCUT2D eigenvalue weighted by molar-refractivity contribution is -0.121. The summed E-state index contributed by atoms with van der Waals surface area (Å²) < 4.78 is 2.15. The van der Waals surface area contributed by atoms with E-state index in [-0.39, 0.29) is 5.92 Å². The first-order valence-electron chi connectivity index (χ1n) is 8.13. The first-order valence-corrected chi connectivity index (χ1v) is 8.50. The van der Waals surface area contributed by atoms with Gasteiger partial charge in [-0.05, 0) is 42.7 Å². The van der Waals surface area contributed by atoms with Gasteiger partial charge in [0.05, 0.1) is 5.52 Å². The Hall–Kier alpha value is -2.06. The third-order valence-corrected chi connectivity index (χ3v) is 4.99. The minimum absolute atomic E-state index is 0.0362. The smallest absolute Gasteiger partial charge is 0.140 e. The molecule has 1 heterocycles. The molecule has 1 atom stereocenters. The van der Waals surface area contributed by atoms with Crippen LogP contribution in [0.25, 0.3) is 16.6 Å². The van der Waals surface area contributed by atoms with Crippen LogP contribution in [0.15, 0.2) is 54.7 Å². The molecule has 0 spiro atoms. The second kappa shape index (κ2) is 5.86. The molecule has 1 saturated carbocycles. The summed E-state index contributed by atoms with van der Waals surface area (Å²) in [6.45, 7) is 0. The van der Waals surface area contributed by atoms with Gasteiger partial charge >= 0.3 is 0 Å². The summed E-state index contributed by atoms with van der Waals surface area (Å²) in [4.78, 5) is 12.4. The fraction of sp³-hybridized carbons (Fsp3) is 0.250. The van der Waals surface area contributed by atoms with Crippen molar-refractivity contribution < 1.29 is 4.79 Å². The van der Waals surface area contributed by atoms with Gasteiger partial charge in [0.15, 0.2) is 0 Å². The number of fused-ring (bicyclic) bond motifs is 1. The molecule has 116 valence electrons. The maximum atomic E-state index is 12.4. The first kappa shape index (κ1) is 14.5. The van der Waals surface area contributed by atoms with Crippen LogP contribution < -0.4 is 0 Å². The number of halogens is 1. The second-order valence-electron chi connectivity index (χ2n) is 6.22. The molecular formula is C20H18ClNO. The number of carbonyl (C=O) groups is 1. The predicted molar refractivity (Wildman–Crippen MR) is 94.5 cm³/mol. The number of nitrogens with zero attached hydrogens (tertiary/aromatic N) is 1. The minimum atomic E-state index is 0.0362. The molecule has 1 aromatic heterocycles. The van der Waals surface area contributed by atoms with E-state index in [1.807, 2.05) is 36.4 Å². The topological polar surface area (TPSA) is 22.0 Å². The van der Waals surface area contributed by atoms with Crippen molar-refractivity contribution in [3.05, 3.63) is 65.3 Å². The van der Waals surface area contributed by atoms with Gasteiger partial charge in [0, 0.05) is 34.6 Å². The molecule has 1 aliphatic rings. The molecule has 2 nitrogen and oxygen atoms in total. The van der Waals surface area contributed by atoms with Gasteiger partial charge in [-0.1, -0.05) is 42.3 Å². The molecule has 3 heteroatoms. The van der Waals surface area contributed by atoms with E-state index in [1.165, 1.54) is 5.39 Å². The normalized spacial score (nSPS) is 18.5. The molecule has 0 bridgehead atoms. The monoisotopic (exact) mass is 323 g/mol. The molecular weight excluding hydrogens is 306 g/mol. The van der Waals surface area contributed by atoms with E-state index in [1.54, 1.807) is 0 Å². The SMILES string of the molecule is O=C1CCCCC1c1cn(-c2cccc(Cl)c2)c2ccccc12. The maximum Gasteiger partial charge on any atom is 0.140 e. The Bertz CT molecular complexity index is 880. The number of para-hydroxylation sites is 1. The van der Waals surface area contributed by atoms with Gasteiger partial charge in [-0.3, -0.25) is 4.79 Å². The van der Waals surface area contributed by atoms with Crippen LogP contribution in [-0.4, -0.2) is 10.4 Å². The van der Waals surface area contributed by atoms with Crippen molar-refractivity contribution in [2.75, 3.05) is 0 Å². The molecule has 1 unspecified atom stereocenters. The summed E-state index contributed by atoms with van der Waals surface area (Å²) in [6.07, 6.45) is 5.96. The lowest BCUT2D eigenvalue weighted by Gasteiger charge is -2.19. The van der Waals surface area contributed by atoms with Crippen LogP contribution in [0.3, 0.4) is 0 Å². The van der Waals surface area contributed by atoms with Gasteiger partial charge in [-0.2, -0.15) is 0 Å². The fourth-order valence-corrected chi connectivity index (χ4v) is 3.82. The number of hydrogen-bond acceptors (Lipinski definition) is 1. The van der Waals surface area contributed by atoms with E-state index in [0.29, 0.717) is 12.2 Å². The van der Waals surface area contributed by atoms with E-state index >= 15 is 0 Å². The highest BCUT2D eigenvalue weighted by atomic mass is 35.5. The summed E-state index contributed by atoms with van der Waals surface area (Å²) in [5, 5.41) is 1.89. The molecule has 3 aromatic rings. The van der Waals surface area contributed by atoms with Crippen molar-refractivity contribution >= 4 is 28.3 Å². The van der Waals surface area contributed by atoms with E-state index in [4.69, 9.17) is 11.6 Å². The van der Waals surface area contributed by atoms with Gasteiger partial charge in [-0.25, -0.2) is 0 Å². The second-order valence-corrected chi connectivity index (χ2v) is 6.65. The molecule has 0 amide bonds. The number of ketones is 1. The van der Waals surface area contributed by atoms with Crippen LogP contribution in [0, 0.1) is 0 Å².